The number of aromatic nitrogens is 4. The van der Waals surface area contributed by atoms with Gasteiger partial charge in [0.1, 0.15) is 11.7 Å². The van der Waals surface area contributed by atoms with Crippen molar-refractivity contribution in [3.05, 3.63) is 53.3 Å². The van der Waals surface area contributed by atoms with Crippen molar-refractivity contribution in [2.45, 2.75) is 19.9 Å². The van der Waals surface area contributed by atoms with E-state index < -0.39 is 0 Å². The lowest BCUT2D eigenvalue weighted by molar-refractivity contribution is -0.00607. The molecule has 1 aliphatic rings. The van der Waals surface area contributed by atoms with Crippen molar-refractivity contribution in [1.29, 1.82) is 0 Å². The smallest absolute Gasteiger partial charge is 0.272 e. The maximum absolute atomic E-state index is 13.0. The van der Waals surface area contributed by atoms with Crippen LogP contribution < -0.4 is 0 Å². The van der Waals surface area contributed by atoms with Gasteiger partial charge in [-0.25, -0.2) is 0 Å². The summed E-state index contributed by atoms with van der Waals surface area (Å²) in [5, 5.41) is 11.1. The van der Waals surface area contributed by atoms with Crippen molar-refractivity contribution in [3.8, 4) is 11.3 Å². The molecule has 1 aliphatic heterocycles. The Labute approximate surface area is 150 Å². The monoisotopic (exact) mass is 353 g/mol. The van der Waals surface area contributed by atoms with Crippen LogP contribution in [0.4, 0.5) is 0 Å². The van der Waals surface area contributed by atoms with Gasteiger partial charge in [-0.1, -0.05) is 35.0 Å². The van der Waals surface area contributed by atoms with Crippen molar-refractivity contribution in [2.75, 3.05) is 19.8 Å². The van der Waals surface area contributed by atoms with Crippen LogP contribution in [0.5, 0.6) is 0 Å². The molecule has 1 aromatic carbocycles. The number of nitrogens with one attached hydrogen (secondary N) is 1. The number of hydrogen-bond donors (Lipinski definition) is 1. The van der Waals surface area contributed by atoms with E-state index in [1.54, 1.807) is 17.9 Å². The summed E-state index contributed by atoms with van der Waals surface area (Å²) in [5.41, 5.74) is 3.28. The number of ether oxygens (including phenoxy) is 1. The number of hydrogen-bond acceptors (Lipinski definition) is 6. The van der Waals surface area contributed by atoms with E-state index in [0.717, 1.165) is 11.3 Å². The van der Waals surface area contributed by atoms with Gasteiger partial charge < -0.3 is 14.2 Å². The number of morpholine rings is 1. The maximum atomic E-state index is 13.0. The van der Waals surface area contributed by atoms with E-state index in [0.29, 0.717) is 37.2 Å². The van der Waals surface area contributed by atoms with E-state index in [-0.39, 0.29) is 11.9 Å². The van der Waals surface area contributed by atoms with Crippen LogP contribution in [-0.2, 0) is 4.74 Å². The molecule has 0 bridgehead atoms. The van der Waals surface area contributed by atoms with Gasteiger partial charge in [0.05, 0.1) is 18.9 Å². The zero-order chi connectivity index (χ0) is 18.1. The minimum absolute atomic E-state index is 0.161. The average Bonchev–Trinajstić information content (AvgIpc) is 3.31. The molecule has 3 aromatic rings. The second kappa shape index (κ2) is 6.72. The highest BCUT2D eigenvalue weighted by Gasteiger charge is 2.33. The van der Waals surface area contributed by atoms with Crippen molar-refractivity contribution in [3.63, 3.8) is 0 Å². The van der Waals surface area contributed by atoms with Gasteiger partial charge in [-0.15, -0.1) is 0 Å². The van der Waals surface area contributed by atoms with Crippen LogP contribution >= 0.6 is 0 Å². The Morgan fingerprint density at radius 3 is 2.81 bits per heavy atom. The highest BCUT2D eigenvalue weighted by atomic mass is 16.5. The summed E-state index contributed by atoms with van der Waals surface area (Å²) in [7, 11) is 0. The predicted molar refractivity (Wildman–Crippen MR) is 92.4 cm³/mol. The summed E-state index contributed by atoms with van der Waals surface area (Å²) in [6.45, 7) is 5.01. The SMILES string of the molecule is Cc1ccc(-c2cc(C(=O)N3CCOC[C@H]3c3noc(C)n3)[nH]n2)cc1. The van der Waals surface area contributed by atoms with Crippen LogP contribution in [0, 0.1) is 13.8 Å². The highest BCUT2D eigenvalue weighted by molar-refractivity contribution is 5.93. The molecule has 0 radical (unpaired) electrons. The van der Waals surface area contributed by atoms with Gasteiger partial charge in [0, 0.05) is 19.0 Å². The number of rotatable bonds is 3. The third-order valence-corrected chi connectivity index (χ3v) is 4.39. The van der Waals surface area contributed by atoms with Crippen LogP contribution in [0.25, 0.3) is 11.3 Å². The molecule has 1 amide bonds. The lowest BCUT2D eigenvalue weighted by atomic mass is 10.1. The second-order valence-electron chi connectivity index (χ2n) is 6.29. The van der Waals surface area contributed by atoms with Gasteiger partial charge in [-0.05, 0) is 13.0 Å². The molecule has 0 aliphatic carbocycles. The Kier molecular flexibility index (Phi) is 4.26. The molecule has 8 heteroatoms. The van der Waals surface area contributed by atoms with Gasteiger partial charge in [-0.3, -0.25) is 9.89 Å². The molecule has 2 aromatic heterocycles. The van der Waals surface area contributed by atoms with E-state index in [2.05, 4.69) is 20.3 Å². The van der Waals surface area contributed by atoms with Crippen molar-refractivity contribution >= 4 is 5.91 Å². The number of carbonyl (C=O) groups is 1. The molecule has 134 valence electrons. The summed E-state index contributed by atoms with van der Waals surface area (Å²) >= 11 is 0. The largest absolute Gasteiger partial charge is 0.377 e. The topological polar surface area (TPSA) is 97.1 Å². The highest BCUT2D eigenvalue weighted by Crippen LogP contribution is 2.25. The molecule has 4 rings (SSSR count). The Balaban J connectivity index is 1.59. The third kappa shape index (κ3) is 3.11. The number of aryl methyl sites for hydroxylation is 2. The van der Waals surface area contributed by atoms with Crippen molar-refractivity contribution < 1.29 is 14.1 Å². The molecular formula is C18H19N5O3. The van der Waals surface area contributed by atoms with Crippen molar-refractivity contribution in [1.82, 2.24) is 25.2 Å². The number of amides is 1. The van der Waals surface area contributed by atoms with Gasteiger partial charge in [0.15, 0.2) is 5.82 Å². The van der Waals surface area contributed by atoms with Crippen LogP contribution in [0.2, 0.25) is 0 Å². The van der Waals surface area contributed by atoms with E-state index in [4.69, 9.17) is 9.26 Å². The minimum atomic E-state index is -0.375. The molecule has 0 saturated carbocycles. The molecule has 26 heavy (non-hydrogen) atoms. The molecule has 1 fully saturated rings. The van der Waals surface area contributed by atoms with E-state index >= 15 is 0 Å². The summed E-state index contributed by atoms with van der Waals surface area (Å²) in [6, 6.07) is 9.39. The number of benzene rings is 1. The average molecular weight is 353 g/mol. The third-order valence-electron chi connectivity index (χ3n) is 4.39. The number of aromatic amines is 1. The second-order valence-corrected chi connectivity index (χ2v) is 6.29. The first-order valence-corrected chi connectivity index (χ1v) is 8.43. The van der Waals surface area contributed by atoms with Gasteiger partial charge >= 0.3 is 0 Å². The molecule has 3 heterocycles. The quantitative estimate of drug-likeness (QED) is 0.776. The summed E-state index contributed by atoms with van der Waals surface area (Å²) in [6.07, 6.45) is 0. The maximum Gasteiger partial charge on any atom is 0.272 e. The minimum Gasteiger partial charge on any atom is -0.377 e. The molecule has 1 atom stereocenters. The predicted octanol–water partition coefficient (Wildman–Crippen LogP) is 2.29. The molecular weight excluding hydrogens is 334 g/mol. The summed E-state index contributed by atoms with van der Waals surface area (Å²) in [5.74, 6) is 0.751. The summed E-state index contributed by atoms with van der Waals surface area (Å²) < 4.78 is 10.6. The fourth-order valence-electron chi connectivity index (χ4n) is 2.97. The number of H-pyrrole nitrogens is 1. The fourth-order valence-corrected chi connectivity index (χ4v) is 2.97. The zero-order valence-electron chi connectivity index (χ0n) is 14.6. The van der Waals surface area contributed by atoms with E-state index in [1.807, 2.05) is 31.2 Å². The van der Waals surface area contributed by atoms with Crippen LogP contribution in [0.1, 0.15) is 33.8 Å². The Hall–Kier alpha value is -3.00. The van der Waals surface area contributed by atoms with Gasteiger partial charge in [-0.2, -0.15) is 10.1 Å². The molecule has 0 spiro atoms. The molecule has 8 nitrogen and oxygen atoms in total. The molecule has 1 N–H and O–H groups in total. The Morgan fingerprint density at radius 2 is 2.08 bits per heavy atom. The lowest BCUT2D eigenvalue weighted by Gasteiger charge is -2.33. The van der Waals surface area contributed by atoms with Crippen LogP contribution in [-0.4, -0.2) is 50.9 Å². The zero-order valence-corrected chi connectivity index (χ0v) is 14.6. The number of carbonyl (C=O) groups excluding carboxylic acids is 1. The van der Waals surface area contributed by atoms with Crippen molar-refractivity contribution in [2.24, 2.45) is 0 Å². The van der Waals surface area contributed by atoms with E-state index in [9.17, 15) is 4.79 Å². The number of nitrogens with zero attached hydrogens (tertiary/aromatic N) is 4. The van der Waals surface area contributed by atoms with Gasteiger partial charge in [0.2, 0.25) is 5.89 Å². The molecule has 1 saturated heterocycles. The lowest BCUT2D eigenvalue weighted by Crippen LogP contribution is -2.44. The fraction of sp³-hybridized carbons (Fsp3) is 0.333. The summed E-state index contributed by atoms with van der Waals surface area (Å²) in [4.78, 5) is 18.9. The molecule has 0 unspecified atom stereocenters. The first kappa shape index (κ1) is 16.5. The Morgan fingerprint density at radius 1 is 1.27 bits per heavy atom. The van der Waals surface area contributed by atoms with E-state index in [1.165, 1.54) is 5.56 Å². The van der Waals surface area contributed by atoms with Gasteiger partial charge in [0.25, 0.3) is 5.91 Å². The van der Waals surface area contributed by atoms with Crippen LogP contribution in [0.15, 0.2) is 34.9 Å². The standard InChI is InChI=1S/C18H19N5O3/c1-11-3-5-13(6-4-11)14-9-15(21-20-14)18(24)23-7-8-25-10-16(23)17-19-12(2)26-22-17/h3-6,9,16H,7-8,10H2,1-2H3,(H,20,21)/t16-/m0/s1. The Bertz CT molecular complexity index is 915. The first-order valence-electron chi connectivity index (χ1n) is 8.43. The first-order chi connectivity index (χ1) is 12.6. The van der Waals surface area contributed by atoms with Crippen LogP contribution in [0.3, 0.4) is 0 Å². The normalized spacial score (nSPS) is 17.5.